The van der Waals surface area contributed by atoms with E-state index in [1.54, 1.807) is 7.05 Å². The van der Waals surface area contributed by atoms with Crippen LogP contribution in [-0.2, 0) is 4.84 Å². The number of hydroxylamine groups is 2. The molecule has 0 saturated carbocycles. The third-order valence-electron chi connectivity index (χ3n) is 3.85. The summed E-state index contributed by atoms with van der Waals surface area (Å²) >= 11 is 0. The van der Waals surface area contributed by atoms with Gasteiger partial charge in [0.2, 0.25) is 0 Å². The molecule has 1 aromatic heterocycles. The van der Waals surface area contributed by atoms with E-state index in [0.29, 0.717) is 5.56 Å². The summed E-state index contributed by atoms with van der Waals surface area (Å²) in [5, 5.41) is 2.04. The van der Waals surface area contributed by atoms with Crippen molar-refractivity contribution in [3.05, 3.63) is 65.7 Å². The number of carbonyl (C=O) groups excluding carboxylic acids is 1. The maximum Gasteiger partial charge on any atom is 0.277 e. The second kappa shape index (κ2) is 6.18. The van der Waals surface area contributed by atoms with E-state index in [9.17, 15) is 4.79 Å². The third kappa shape index (κ3) is 2.94. The summed E-state index contributed by atoms with van der Waals surface area (Å²) in [5.41, 5.74) is 4.31. The van der Waals surface area contributed by atoms with Gasteiger partial charge in [0, 0.05) is 18.0 Å². The minimum atomic E-state index is -0.195. The van der Waals surface area contributed by atoms with Crippen molar-refractivity contribution in [3.63, 3.8) is 0 Å². The van der Waals surface area contributed by atoms with E-state index in [4.69, 9.17) is 9.82 Å². The molecule has 23 heavy (non-hydrogen) atoms. The molecule has 4 heteroatoms. The molecule has 0 bridgehead atoms. The van der Waals surface area contributed by atoms with E-state index in [1.165, 1.54) is 17.7 Å². The zero-order chi connectivity index (χ0) is 16.4. The molecule has 0 spiro atoms. The lowest BCUT2D eigenvalue weighted by atomic mass is 10.0. The molecular formula is C19H18N2O2. The van der Waals surface area contributed by atoms with Crippen LogP contribution in [0.25, 0.3) is 22.2 Å². The van der Waals surface area contributed by atoms with Crippen LogP contribution >= 0.6 is 0 Å². The van der Waals surface area contributed by atoms with Crippen molar-refractivity contribution in [2.75, 3.05) is 14.2 Å². The third-order valence-corrected chi connectivity index (χ3v) is 3.85. The summed E-state index contributed by atoms with van der Waals surface area (Å²) in [6.07, 6.45) is 0. The Hall–Kier alpha value is -2.72. The van der Waals surface area contributed by atoms with Gasteiger partial charge in [0.15, 0.2) is 0 Å². The highest BCUT2D eigenvalue weighted by molar-refractivity contribution is 6.06. The SMILES string of the molecule is CON(C)C(=O)c1cc(-c2ccc(C)cc2)nc2ccccc12. The summed E-state index contributed by atoms with van der Waals surface area (Å²) in [5.74, 6) is -0.195. The predicted octanol–water partition coefficient (Wildman–Crippen LogP) is 3.84. The van der Waals surface area contributed by atoms with Gasteiger partial charge < -0.3 is 0 Å². The average Bonchev–Trinajstić information content (AvgIpc) is 2.60. The Morgan fingerprint density at radius 2 is 1.78 bits per heavy atom. The van der Waals surface area contributed by atoms with Gasteiger partial charge in [-0.05, 0) is 19.1 Å². The molecule has 0 N–H and O–H groups in total. The minimum Gasteiger partial charge on any atom is -0.274 e. The number of hydrogen-bond donors (Lipinski definition) is 0. The van der Waals surface area contributed by atoms with E-state index >= 15 is 0 Å². The van der Waals surface area contributed by atoms with Crippen LogP contribution in [0.3, 0.4) is 0 Å². The van der Waals surface area contributed by atoms with Crippen LogP contribution in [-0.4, -0.2) is 30.1 Å². The van der Waals surface area contributed by atoms with Crippen LogP contribution in [0.5, 0.6) is 0 Å². The molecule has 1 amide bonds. The number of benzene rings is 2. The van der Waals surface area contributed by atoms with Gasteiger partial charge in [0.1, 0.15) is 0 Å². The molecule has 0 fully saturated rings. The van der Waals surface area contributed by atoms with Gasteiger partial charge in [-0.2, -0.15) is 0 Å². The normalized spacial score (nSPS) is 10.7. The van der Waals surface area contributed by atoms with Gasteiger partial charge >= 0.3 is 0 Å². The highest BCUT2D eigenvalue weighted by Crippen LogP contribution is 2.26. The lowest BCUT2D eigenvalue weighted by molar-refractivity contribution is -0.0755. The van der Waals surface area contributed by atoms with Gasteiger partial charge in [-0.25, -0.2) is 10.0 Å². The van der Waals surface area contributed by atoms with Crippen molar-refractivity contribution in [2.45, 2.75) is 6.92 Å². The Morgan fingerprint density at radius 3 is 2.48 bits per heavy atom. The Kier molecular flexibility index (Phi) is 4.08. The number of carbonyl (C=O) groups is 1. The van der Waals surface area contributed by atoms with Crippen LogP contribution in [0.15, 0.2) is 54.6 Å². The van der Waals surface area contributed by atoms with Crippen molar-refractivity contribution in [3.8, 4) is 11.3 Å². The molecule has 0 unspecified atom stereocenters. The molecule has 116 valence electrons. The Balaban J connectivity index is 2.21. The molecule has 0 aliphatic rings. The van der Waals surface area contributed by atoms with Crippen LogP contribution in [0, 0.1) is 6.92 Å². The van der Waals surface area contributed by atoms with Crippen molar-refractivity contribution < 1.29 is 9.63 Å². The second-order valence-corrected chi connectivity index (χ2v) is 5.42. The zero-order valence-corrected chi connectivity index (χ0v) is 13.4. The first-order valence-electron chi connectivity index (χ1n) is 7.39. The quantitative estimate of drug-likeness (QED) is 0.690. The van der Waals surface area contributed by atoms with Gasteiger partial charge in [0.25, 0.3) is 5.91 Å². The molecule has 0 atom stereocenters. The summed E-state index contributed by atoms with van der Waals surface area (Å²) in [6.45, 7) is 2.04. The van der Waals surface area contributed by atoms with Gasteiger partial charge in [-0.3, -0.25) is 9.63 Å². The summed E-state index contributed by atoms with van der Waals surface area (Å²) in [4.78, 5) is 22.3. The first kappa shape index (κ1) is 15.2. The molecule has 2 aromatic carbocycles. The first-order chi connectivity index (χ1) is 11.1. The molecule has 3 rings (SSSR count). The minimum absolute atomic E-state index is 0.195. The van der Waals surface area contributed by atoms with E-state index in [0.717, 1.165) is 22.2 Å². The number of rotatable bonds is 3. The summed E-state index contributed by atoms with van der Waals surface area (Å²) in [6, 6.07) is 17.6. The van der Waals surface area contributed by atoms with Crippen LogP contribution in [0.2, 0.25) is 0 Å². The maximum atomic E-state index is 12.6. The number of pyridine rings is 1. The van der Waals surface area contributed by atoms with Gasteiger partial charge in [0.05, 0.1) is 23.9 Å². The van der Waals surface area contributed by atoms with Gasteiger partial charge in [-0.15, -0.1) is 0 Å². The van der Waals surface area contributed by atoms with Gasteiger partial charge in [-0.1, -0.05) is 48.0 Å². The number of fused-ring (bicyclic) bond motifs is 1. The van der Waals surface area contributed by atoms with Crippen LogP contribution < -0.4 is 0 Å². The Labute approximate surface area is 135 Å². The number of aromatic nitrogens is 1. The topological polar surface area (TPSA) is 42.4 Å². The summed E-state index contributed by atoms with van der Waals surface area (Å²) in [7, 11) is 3.07. The van der Waals surface area contributed by atoms with Crippen molar-refractivity contribution in [1.82, 2.24) is 10.0 Å². The highest BCUT2D eigenvalue weighted by atomic mass is 16.7. The fourth-order valence-electron chi connectivity index (χ4n) is 2.48. The molecule has 0 radical (unpaired) electrons. The molecule has 0 saturated heterocycles. The standard InChI is InChI=1S/C19H18N2O2/c1-13-8-10-14(11-9-13)18-12-16(19(22)21(2)23-3)15-6-4-5-7-17(15)20-18/h4-12H,1-3H3. The van der Waals surface area contributed by atoms with E-state index in [1.807, 2.05) is 61.5 Å². The number of amides is 1. The van der Waals surface area contributed by atoms with E-state index < -0.39 is 0 Å². The number of hydrogen-bond acceptors (Lipinski definition) is 3. The average molecular weight is 306 g/mol. The number of nitrogens with zero attached hydrogens (tertiary/aromatic N) is 2. The molecule has 0 aliphatic heterocycles. The lowest BCUT2D eigenvalue weighted by Crippen LogP contribution is -2.25. The molecule has 1 heterocycles. The van der Waals surface area contributed by atoms with Crippen molar-refractivity contribution in [2.24, 2.45) is 0 Å². The monoisotopic (exact) mass is 306 g/mol. The largest absolute Gasteiger partial charge is 0.277 e. The van der Waals surface area contributed by atoms with Crippen molar-refractivity contribution in [1.29, 1.82) is 0 Å². The number of para-hydroxylation sites is 1. The Bertz CT molecular complexity index is 857. The smallest absolute Gasteiger partial charge is 0.274 e. The summed E-state index contributed by atoms with van der Waals surface area (Å²) < 4.78 is 0. The first-order valence-corrected chi connectivity index (χ1v) is 7.39. The fraction of sp³-hybridized carbons (Fsp3) is 0.158. The highest BCUT2D eigenvalue weighted by Gasteiger charge is 2.17. The van der Waals surface area contributed by atoms with E-state index in [-0.39, 0.29) is 5.91 Å². The maximum absolute atomic E-state index is 12.6. The Morgan fingerprint density at radius 1 is 1.09 bits per heavy atom. The fourth-order valence-corrected chi connectivity index (χ4v) is 2.48. The molecule has 4 nitrogen and oxygen atoms in total. The van der Waals surface area contributed by atoms with E-state index in [2.05, 4.69) is 0 Å². The predicted molar refractivity (Wildman–Crippen MR) is 91.0 cm³/mol. The lowest BCUT2D eigenvalue weighted by Gasteiger charge is -2.16. The van der Waals surface area contributed by atoms with Crippen LogP contribution in [0.4, 0.5) is 0 Å². The zero-order valence-electron chi connectivity index (χ0n) is 13.4. The number of aryl methyl sites for hydroxylation is 1. The van der Waals surface area contributed by atoms with Crippen molar-refractivity contribution >= 4 is 16.8 Å². The second-order valence-electron chi connectivity index (χ2n) is 5.42. The molecule has 0 aliphatic carbocycles. The van der Waals surface area contributed by atoms with Crippen LogP contribution in [0.1, 0.15) is 15.9 Å². The molecular weight excluding hydrogens is 288 g/mol. The molecule has 3 aromatic rings.